The predicted octanol–water partition coefficient (Wildman–Crippen LogP) is 6.07. The molecule has 0 aliphatic heterocycles. The van der Waals surface area contributed by atoms with Crippen molar-refractivity contribution in [1.82, 2.24) is 0 Å². The maximum atomic E-state index is 11.9. The van der Waals surface area contributed by atoms with E-state index in [4.69, 9.17) is 9.47 Å². The van der Waals surface area contributed by atoms with E-state index >= 15 is 0 Å². The lowest BCUT2D eigenvalue weighted by molar-refractivity contribution is -0.107. The number of rotatable bonds is 7. The van der Waals surface area contributed by atoms with Crippen LogP contribution in [0.3, 0.4) is 0 Å². The molecule has 164 valence electrons. The van der Waals surface area contributed by atoms with Crippen molar-refractivity contribution >= 4 is 11.6 Å². The molecule has 30 heavy (non-hydrogen) atoms. The first kappa shape index (κ1) is 25.7. The second-order valence-corrected chi connectivity index (χ2v) is 8.26. The Morgan fingerprint density at radius 1 is 0.900 bits per heavy atom. The van der Waals surface area contributed by atoms with Gasteiger partial charge in [-0.2, -0.15) is 0 Å². The summed E-state index contributed by atoms with van der Waals surface area (Å²) < 4.78 is 10.5. The molecule has 0 fully saturated rings. The van der Waals surface area contributed by atoms with Crippen molar-refractivity contribution in [2.75, 3.05) is 13.2 Å². The van der Waals surface area contributed by atoms with Crippen molar-refractivity contribution in [3.63, 3.8) is 0 Å². The van der Waals surface area contributed by atoms with Gasteiger partial charge in [0, 0.05) is 24.3 Å². The maximum absolute atomic E-state index is 11.9. The summed E-state index contributed by atoms with van der Waals surface area (Å²) >= 11 is 0. The molecule has 0 spiro atoms. The Labute approximate surface area is 181 Å². The minimum absolute atomic E-state index is 0.126. The Bertz CT molecular complexity index is 803. The number of carbonyl (C=O) groups excluding carboxylic acids is 2. The monoisotopic (exact) mass is 412 g/mol. The van der Waals surface area contributed by atoms with Gasteiger partial charge in [0.25, 0.3) is 0 Å². The van der Waals surface area contributed by atoms with Gasteiger partial charge in [-0.15, -0.1) is 0 Å². The van der Waals surface area contributed by atoms with E-state index < -0.39 is 6.29 Å². The predicted molar refractivity (Wildman–Crippen MR) is 122 cm³/mol. The van der Waals surface area contributed by atoms with Crippen molar-refractivity contribution in [3.05, 3.63) is 70.3 Å². The lowest BCUT2D eigenvalue weighted by atomic mass is 9.83. The highest BCUT2D eigenvalue weighted by molar-refractivity contribution is 5.98. The van der Waals surface area contributed by atoms with Crippen molar-refractivity contribution in [3.8, 4) is 0 Å². The number of ketones is 2. The van der Waals surface area contributed by atoms with Crippen LogP contribution in [0, 0.1) is 13.8 Å². The van der Waals surface area contributed by atoms with Crippen LogP contribution in [0.1, 0.15) is 78.9 Å². The smallest absolute Gasteiger partial charge is 0.222 e. The summed E-state index contributed by atoms with van der Waals surface area (Å²) in [4.78, 5) is 23.3. The first-order valence-corrected chi connectivity index (χ1v) is 10.5. The topological polar surface area (TPSA) is 52.6 Å². The van der Waals surface area contributed by atoms with Crippen LogP contribution in [0.25, 0.3) is 0 Å². The molecule has 0 N–H and O–H groups in total. The van der Waals surface area contributed by atoms with E-state index in [1.165, 1.54) is 5.56 Å². The molecule has 0 aliphatic carbocycles. The summed E-state index contributed by atoms with van der Waals surface area (Å²) in [6, 6.07) is 13.3. The van der Waals surface area contributed by atoms with Gasteiger partial charge in [-0.25, -0.2) is 0 Å². The van der Waals surface area contributed by atoms with E-state index in [1.54, 1.807) is 19.1 Å². The minimum Gasteiger partial charge on any atom is -0.346 e. The molecule has 0 radical (unpaired) electrons. The van der Waals surface area contributed by atoms with Crippen LogP contribution in [0.5, 0.6) is 0 Å². The van der Waals surface area contributed by atoms with E-state index in [9.17, 15) is 9.59 Å². The quantitative estimate of drug-likeness (QED) is 0.409. The normalized spacial score (nSPS) is 11.1. The van der Waals surface area contributed by atoms with Crippen LogP contribution in [0.15, 0.2) is 42.5 Å². The standard InChI is InChI=1S/C14H20O.C12H16O3/c1-9-7-12(14(4,5)6)8-10(2)13(9)11(3)15;1-3-14-12(15-4-2)11(13)10-8-6-5-7-9-10/h7-8H,1-6H3;5-9,12H,3-4H2,1-2H3. The highest BCUT2D eigenvalue weighted by atomic mass is 16.7. The van der Waals surface area contributed by atoms with Gasteiger partial charge in [-0.1, -0.05) is 63.2 Å². The molecule has 0 bridgehead atoms. The van der Waals surface area contributed by atoms with E-state index in [2.05, 4.69) is 32.9 Å². The van der Waals surface area contributed by atoms with E-state index in [0.29, 0.717) is 18.8 Å². The molecule has 4 nitrogen and oxygen atoms in total. The molecule has 2 aromatic carbocycles. The van der Waals surface area contributed by atoms with Gasteiger partial charge in [0.2, 0.25) is 12.1 Å². The Morgan fingerprint density at radius 3 is 1.73 bits per heavy atom. The van der Waals surface area contributed by atoms with Gasteiger partial charge < -0.3 is 9.47 Å². The molecule has 0 aromatic heterocycles. The second-order valence-electron chi connectivity index (χ2n) is 8.26. The summed E-state index contributed by atoms with van der Waals surface area (Å²) in [5, 5.41) is 0. The van der Waals surface area contributed by atoms with Crippen LogP contribution < -0.4 is 0 Å². The molecule has 0 saturated carbocycles. The Hall–Kier alpha value is -2.30. The van der Waals surface area contributed by atoms with Crippen molar-refractivity contribution in [1.29, 1.82) is 0 Å². The first-order valence-electron chi connectivity index (χ1n) is 10.5. The van der Waals surface area contributed by atoms with Crippen molar-refractivity contribution < 1.29 is 19.1 Å². The van der Waals surface area contributed by atoms with Gasteiger partial charge in [-0.05, 0) is 56.7 Å². The number of hydrogen-bond donors (Lipinski definition) is 0. The van der Waals surface area contributed by atoms with Crippen LogP contribution in [0.4, 0.5) is 0 Å². The summed E-state index contributed by atoms with van der Waals surface area (Å²) in [5.41, 5.74) is 5.11. The lowest BCUT2D eigenvalue weighted by Gasteiger charge is -2.21. The number of hydrogen-bond acceptors (Lipinski definition) is 4. The van der Waals surface area contributed by atoms with Gasteiger partial charge in [0.15, 0.2) is 5.78 Å². The third-order valence-electron chi connectivity index (χ3n) is 4.66. The SMILES string of the molecule is CC(=O)c1c(C)cc(C(C)(C)C)cc1C.CCOC(OCC)C(=O)c1ccccc1. The van der Waals surface area contributed by atoms with Crippen LogP contribution in [-0.2, 0) is 14.9 Å². The van der Waals surface area contributed by atoms with E-state index in [-0.39, 0.29) is 17.0 Å². The molecule has 0 aliphatic rings. The fourth-order valence-electron chi connectivity index (χ4n) is 3.19. The molecule has 4 heteroatoms. The largest absolute Gasteiger partial charge is 0.346 e. The molecule has 2 rings (SSSR count). The van der Waals surface area contributed by atoms with E-state index in [0.717, 1.165) is 16.7 Å². The third kappa shape index (κ3) is 7.51. The number of aryl methyl sites for hydroxylation is 2. The molecule has 2 aromatic rings. The number of Topliss-reactive ketones (excluding diaryl/α,β-unsaturated/α-hetero) is 2. The van der Waals surface area contributed by atoms with Crippen LogP contribution in [0.2, 0.25) is 0 Å². The van der Waals surface area contributed by atoms with Crippen LogP contribution >= 0.6 is 0 Å². The molecule has 0 amide bonds. The summed E-state index contributed by atoms with van der Waals surface area (Å²) in [6.07, 6.45) is -0.776. The van der Waals surface area contributed by atoms with Gasteiger partial charge in [0.05, 0.1) is 0 Å². The van der Waals surface area contributed by atoms with Crippen LogP contribution in [-0.4, -0.2) is 31.1 Å². The van der Waals surface area contributed by atoms with Crippen molar-refractivity contribution in [2.24, 2.45) is 0 Å². The zero-order chi connectivity index (χ0) is 22.9. The fraction of sp³-hybridized carbons (Fsp3) is 0.462. The van der Waals surface area contributed by atoms with Gasteiger partial charge in [0.1, 0.15) is 0 Å². The third-order valence-corrected chi connectivity index (χ3v) is 4.66. The maximum Gasteiger partial charge on any atom is 0.222 e. The van der Waals surface area contributed by atoms with Gasteiger partial charge in [-0.3, -0.25) is 9.59 Å². The Kier molecular flexibility index (Phi) is 10.1. The lowest BCUT2D eigenvalue weighted by Crippen LogP contribution is -2.27. The molecular weight excluding hydrogens is 376 g/mol. The minimum atomic E-state index is -0.776. The first-order chi connectivity index (χ1) is 14.0. The summed E-state index contributed by atoms with van der Waals surface area (Å²) in [7, 11) is 0. The summed E-state index contributed by atoms with van der Waals surface area (Å²) in [6.45, 7) is 16.8. The molecule has 0 unspecified atom stereocenters. The second kappa shape index (κ2) is 11.8. The van der Waals surface area contributed by atoms with Gasteiger partial charge >= 0.3 is 0 Å². The Morgan fingerprint density at radius 2 is 1.37 bits per heavy atom. The molecule has 0 atom stereocenters. The summed E-state index contributed by atoms with van der Waals surface area (Å²) in [5.74, 6) is 0.0322. The zero-order valence-corrected chi connectivity index (χ0v) is 19.7. The van der Waals surface area contributed by atoms with Crippen molar-refractivity contribution in [2.45, 2.75) is 67.1 Å². The fourth-order valence-corrected chi connectivity index (χ4v) is 3.19. The average molecular weight is 413 g/mol. The zero-order valence-electron chi connectivity index (χ0n) is 19.7. The highest BCUT2D eigenvalue weighted by Crippen LogP contribution is 2.27. The number of ether oxygens (including phenoxy) is 2. The number of carbonyl (C=O) groups is 2. The molecular formula is C26H36O4. The number of benzene rings is 2. The molecule has 0 heterocycles. The molecule has 0 saturated heterocycles. The Balaban J connectivity index is 0.000000300. The van der Waals surface area contributed by atoms with E-state index in [1.807, 2.05) is 45.9 Å². The average Bonchev–Trinajstić information content (AvgIpc) is 2.67. The highest BCUT2D eigenvalue weighted by Gasteiger charge is 2.20.